The average molecular weight is 195 g/mol. The molecule has 2 heteroatoms. The molecule has 0 heterocycles. The summed E-state index contributed by atoms with van der Waals surface area (Å²) in [5.41, 5.74) is 0. The smallest absolute Gasteiger partial charge is 0.149 e. The van der Waals surface area contributed by atoms with Crippen LogP contribution in [0, 0.1) is 11.8 Å². The Hall–Kier alpha value is -0.370. The normalized spacial score (nSPS) is 32.9. The molecule has 2 saturated carbocycles. The van der Waals surface area contributed by atoms with Crippen LogP contribution in [0.2, 0.25) is 0 Å². The summed E-state index contributed by atoms with van der Waals surface area (Å²) in [6, 6.07) is 0.667. The third-order valence-electron chi connectivity index (χ3n) is 3.53. The van der Waals surface area contributed by atoms with Crippen molar-refractivity contribution in [3.63, 3.8) is 0 Å². The van der Waals surface area contributed by atoms with Gasteiger partial charge in [-0.25, -0.2) is 0 Å². The van der Waals surface area contributed by atoms with Crippen LogP contribution in [-0.2, 0) is 4.79 Å². The second kappa shape index (κ2) is 4.43. The van der Waals surface area contributed by atoms with Gasteiger partial charge in [0, 0.05) is 12.0 Å². The zero-order chi connectivity index (χ0) is 9.97. The maximum Gasteiger partial charge on any atom is 0.149 e. The summed E-state index contributed by atoms with van der Waals surface area (Å²) in [6.45, 7) is 2.90. The van der Waals surface area contributed by atoms with Crippen LogP contribution in [0.4, 0.5) is 0 Å². The average Bonchev–Trinajstić information content (AvgIpc) is 2.97. The van der Waals surface area contributed by atoms with E-state index in [1.807, 2.05) is 0 Å². The van der Waals surface area contributed by atoms with Gasteiger partial charge in [0.15, 0.2) is 0 Å². The molecule has 0 spiro atoms. The highest BCUT2D eigenvalue weighted by Gasteiger charge is 2.27. The fraction of sp³-hybridized carbons (Fsp3) is 0.917. The highest BCUT2D eigenvalue weighted by Crippen LogP contribution is 2.29. The van der Waals surface area contributed by atoms with Gasteiger partial charge >= 0.3 is 0 Å². The summed E-state index contributed by atoms with van der Waals surface area (Å²) in [5.74, 6) is 1.59. The second-order valence-electron chi connectivity index (χ2n) is 5.09. The lowest BCUT2D eigenvalue weighted by Crippen LogP contribution is -2.32. The van der Waals surface area contributed by atoms with Crippen molar-refractivity contribution in [2.24, 2.45) is 11.8 Å². The van der Waals surface area contributed by atoms with Gasteiger partial charge in [0.25, 0.3) is 0 Å². The van der Waals surface area contributed by atoms with E-state index in [2.05, 4.69) is 12.2 Å². The van der Waals surface area contributed by atoms with Gasteiger partial charge in [0.05, 0.1) is 6.54 Å². The van der Waals surface area contributed by atoms with Crippen LogP contribution in [0.15, 0.2) is 0 Å². The van der Waals surface area contributed by atoms with E-state index in [9.17, 15) is 4.79 Å². The molecule has 0 radical (unpaired) electrons. The largest absolute Gasteiger partial charge is 0.307 e. The molecule has 2 aliphatic carbocycles. The molecule has 14 heavy (non-hydrogen) atoms. The monoisotopic (exact) mass is 195 g/mol. The molecule has 2 rings (SSSR count). The van der Waals surface area contributed by atoms with Crippen LogP contribution in [0.1, 0.15) is 45.4 Å². The summed E-state index contributed by atoms with van der Waals surface area (Å²) in [7, 11) is 0. The molecule has 0 bridgehead atoms. The zero-order valence-electron chi connectivity index (χ0n) is 9.09. The Kier molecular flexibility index (Phi) is 3.22. The summed E-state index contributed by atoms with van der Waals surface area (Å²) >= 11 is 0. The van der Waals surface area contributed by atoms with Crippen molar-refractivity contribution in [2.75, 3.05) is 6.54 Å². The van der Waals surface area contributed by atoms with E-state index >= 15 is 0 Å². The van der Waals surface area contributed by atoms with Crippen molar-refractivity contribution in [3.8, 4) is 0 Å². The van der Waals surface area contributed by atoms with E-state index in [1.165, 1.54) is 25.7 Å². The summed E-state index contributed by atoms with van der Waals surface area (Å²) in [4.78, 5) is 11.8. The SMILES string of the molecule is CC1CCCC(C(=O)CNC2CC2)C1. The van der Waals surface area contributed by atoms with Crippen LogP contribution in [-0.4, -0.2) is 18.4 Å². The maximum atomic E-state index is 11.8. The van der Waals surface area contributed by atoms with Gasteiger partial charge in [0.1, 0.15) is 5.78 Å². The number of carbonyl (C=O) groups is 1. The first-order valence-electron chi connectivity index (χ1n) is 6.02. The maximum absolute atomic E-state index is 11.8. The van der Waals surface area contributed by atoms with Gasteiger partial charge in [-0.05, 0) is 31.6 Å². The highest BCUT2D eigenvalue weighted by molar-refractivity contribution is 5.83. The van der Waals surface area contributed by atoms with E-state index in [4.69, 9.17) is 0 Å². The van der Waals surface area contributed by atoms with E-state index < -0.39 is 0 Å². The Morgan fingerprint density at radius 1 is 1.29 bits per heavy atom. The summed E-state index contributed by atoms with van der Waals surface area (Å²) in [5, 5.41) is 3.32. The molecule has 0 saturated heterocycles. The molecule has 0 aromatic carbocycles. The van der Waals surface area contributed by atoms with Gasteiger partial charge < -0.3 is 5.32 Å². The lowest BCUT2D eigenvalue weighted by Gasteiger charge is -2.25. The first-order chi connectivity index (χ1) is 6.75. The molecule has 2 atom stereocenters. The highest BCUT2D eigenvalue weighted by atomic mass is 16.1. The third-order valence-corrected chi connectivity index (χ3v) is 3.53. The van der Waals surface area contributed by atoms with Crippen molar-refractivity contribution >= 4 is 5.78 Å². The number of ketones is 1. The van der Waals surface area contributed by atoms with Crippen LogP contribution in [0.25, 0.3) is 0 Å². The van der Waals surface area contributed by atoms with Gasteiger partial charge in [0.2, 0.25) is 0 Å². The fourth-order valence-corrected chi connectivity index (χ4v) is 2.40. The molecular weight excluding hydrogens is 174 g/mol. The molecule has 2 nitrogen and oxygen atoms in total. The topological polar surface area (TPSA) is 29.1 Å². The second-order valence-corrected chi connectivity index (χ2v) is 5.09. The van der Waals surface area contributed by atoms with Crippen LogP contribution in [0.3, 0.4) is 0 Å². The Bertz CT molecular complexity index is 210. The van der Waals surface area contributed by atoms with E-state index in [1.54, 1.807) is 0 Å². The van der Waals surface area contributed by atoms with Crippen molar-refractivity contribution in [1.82, 2.24) is 5.32 Å². The van der Waals surface area contributed by atoms with E-state index in [0.29, 0.717) is 24.3 Å². The molecular formula is C12H21NO. The Labute approximate surface area is 86.5 Å². The first-order valence-corrected chi connectivity index (χ1v) is 6.02. The van der Waals surface area contributed by atoms with Gasteiger partial charge in [-0.1, -0.05) is 19.8 Å². The van der Waals surface area contributed by atoms with Crippen molar-refractivity contribution in [1.29, 1.82) is 0 Å². The molecule has 0 aliphatic heterocycles. The van der Waals surface area contributed by atoms with Crippen LogP contribution >= 0.6 is 0 Å². The molecule has 0 aromatic rings. The lowest BCUT2D eigenvalue weighted by molar-refractivity contribution is -0.123. The Morgan fingerprint density at radius 3 is 2.71 bits per heavy atom. The number of rotatable bonds is 4. The number of hydrogen-bond donors (Lipinski definition) is 1. The summed E-state index contributed by atoms with van der Waals surface area (Å²) < 4.78 is 0. The minimum atomic E-state index is 0.366. The van der Waals surface area contributed by atoms with Gasteiger partial charge in [-0.15, -0.1) is 0 Å². The minimum Gasteiger partial charge on any atom is -0.307 e. The van der Waals surface area contributed by atoms with Gasteiger partial charge in [-0.3, -0.25) is 4.79 Å². The third kappa shape index (κ3) is 2.81. The molecule has 1 N–H and O–H groups in total. The lowest BCUT2D eigenvalue weighted by atomic mass is 9.80. The number of Topliss-reactive ketones (excluding diaryl/α,β-unsaturated/α-hetero) is 1. The van der Waals surface area contributed by atoms with Crippen molar-refractivity contribution in [2.45, 2.75) is 51.5 Å². The number of carbonyl (C=O) groups excluding carboxylic acids is 1. The number of hydrogen-bond acceptors (Lipinski definition) is 2. The standard InChI is InChI=1S/C12H21NO/c1-9-3-2-4-10(7-9)12(14)8-13-11-5-6-11/h9-11,13H,2-8H2,1H3. The summed E-state index contributed by atoms with van der Waals surface area (Å²) in [6.07, 6.45) is 7.38. The quantitative estimate of drug-likeness (QED) is 0.744. The number of nitrogens with one attached hydrogen (secondary N) is 1. The zero-order valence-corrected chi connectivity index (χ0v) is 9.09. The van der Waals surface area contributed by atoms with Crippen LogP contribution < -0.4 is 5.32 Å². The van der Waals surface area contributed by atoms with Crippen molar-refractivity contribution < 1.29 is 4.79 Å². The molecule has 2 fully saturated rings. The Balaban J connectivity index is 1.71. The minimum absolute atomic E-state index is 0.366. The molecule has 0 aromatic heterocycles. The Morgan fingerprint density at radius 2 is 2.07 bits per heavy atom. The molecule has 2 aliphatic rings. The first kappa shape index (κ1) is 10.2. The predicted molar refractivity (Wildman–Crippen MR) is 57.2 cm³/mol. The van der Waals surface area contributed by atoms with Crippen molar-refractivity contribution in [3.05, 3.63) is 0 Å². The van der Waals surface area contributed by atoms with E-state index in [-0.39, 0.29) is 0 Å². The van der Waals surface area contributed by atoms with Gasteiger partial charge in [-0.2, -0.15) is 0 Å². The van der Waals surface area contributed by atoms with E-state index in [0.717, 1.165) is 18.8 Å². The predicted octanol–water partition coefficient (Wildman–Crippen LogP) is 2.13. The molecule has 2 unspecified atom stereocenters. The fourth-order valence-electron chi connectivity index (χ4n) is 2.40. The molecule has 80 valence electrons. The molecule has 0 amide bonds. The van der Waals surface area contributed by atoms with Crippen LogP contribution in [0.5, 0.6) is 0 Å².